The molecule has 0 aliphatic heterocycles. The molecule has 0 atom stereocenters. The Morgan fingerprint density at radius 2 is 0.667 bits per heavy atom. The molecular formula is C12H2F20O. The number of rotatable bonds is 9. The Kier molecular flexibility index (Phi) is 7.30. The lowest BCUT2D eigenvalue weighted by atomic mass is 9.87. The summed E-state index contributed by atoms with van der Waals surface area (Å²) in [4.78, 5) is 9.72. The fourth-order valence-corrected chi connectivity index (χ4v) is 1.68. The van der Waals surface area contributed by atoms with Crippen molar-refractivity contribution in [2.24, 2.45) is 0 Å². The van der Waals surface area contributed by atoms with Crippen LogP contribution < -0.4 is 0 Å². The first-order chi connectivity index (χ1) is 14.0. The van der Waals surface area contributed by atoms with Crippen LogP contribution in [0.5, 0.6) is 0 Å². The van der Waals surface area contributed by atoms with E-state index in [-0.39, 0.29) is 0 Å². The summed E-state index contributed by atoms with van der Waals surface area (Å²) < 4.78 is 258. The summed E-state index contributed by atoms with van der Waals surface area (Å²) in [6.07, 6.45) is -10.6. The van der Waals surface area contributed by atoms with Crippen molar-refractivity contribution in [2.45, 2.75) is 53.6 Å². The minimum Gasteiger partial charge on any atom is -0.298 e. The zero-order valence-electron chi connectivity index (χ0n) is 14.1. The highest BCUT2D eigenvalue weighted by molar-refractivity contribution is 5.66. The lowest BCUT2D eigenvalue weighted by molar-refractivity contribution is -0.467. The van der Waals surface area contributed by atoms with Crippen LogP contribution in [0.25, 0.3) is 0 Å². The van der Waals surface area contributed by atoms with E-state index in [9.17, 15) is 92.6 Å². The van der Waals surface area contributed by atoms with Crippen LogP contribution in [0.4, 0.5) is 87.8 Å². The molecule has 21 heteroatoms. The minimum atomic E-state index is -9.08. The second-order valence-electron chi connectivity index (χ2n) is 5.74. The maximum absolute atomic E-state index is 13.3. The Bertz CT molecular complexity index is 770. The molecule has 0 radical (unpaired) electrons. The molecule has 0 spiro atoms. The molecule has 0 saturated heterocycles. The van der Waals surface area contributed by atoms with E-state index in [1.54, 1.807) is 0 Å². The van der Waals surface area contributed by atoms with E-state index in [1.165, 1.54) is 0 Å². The molecule has 0 bridgehead atoms. The topological polar surface area (TPSA) is 17.1 Å². The van der Waals surface area contributed by atoms with Crippen LogP contribution in [0.15, 0.2) is 11.9 Å². The normalized spacial score (nSPS) is 16.8. The van der Waals surface area contributed by atoms with Gasteiger partial charge in [0.1, 0.15) is 6.29 Å². The molecule has 0 rings (SSSR count). The summed E-state index contributed by atoms with van der Waals surface area (Å²) >= 11 is 0. The summed E-state index contributed by atoms with van der Waals surface area (Å²) in [5, 5.41) is 0. The van der Waals surface area contributed by atoms with Gasteiger partial charge in [0.2, 0.25) is 0 Å². The van der Waals surface area contributed by atoms with E-state index in [1.807, 2.05) is 0 Å². The Balaban J connectivity index is 7.02. The van der Waals surface area contributed by atoms with Gasteiger partial charge in [-0.25, -0.2) is 4.39 Å². The average Bonchev–Trinajstić information content (AvgIpc) is 2.59. The molecule has 0 saturated carbocycles. The number of alkyl halides is 19. The average molecular weight is 542 g/mol. The third-order valence-corrected chi connectivity index (χ3v) is 3.63. The third kappa shape index (κ3) is 3.77. The Labute approximate surface area is 166 Å². The molecule has 0 aromatic carbocycles. The van der Waals surface area contributed by atoms with E-state index in [4.69, 9.17) is 0 Å². The van der Waals surface area contributed by atoms with Crippen LogP contribution in [0.3, 0.4) is 0 Å². The van der Waals surface area contributed by atoms with E-state index < -0.39 is 71.7 Å². The van der Waals surface area contributed by atoms with Gasteiger partial charge in [0.15, 0.2) is 5.83 Å². The number of aldehydes is 1. The predicted octanol–water partition coefficient (Wildman–Crippen LogP) is 6.68. The molecule has 33 heavy (non-hydrogen) atoms. The zero-order chi connectivity index (χ0) is 27.5. The fraction of sp³-hybridized carbons (Fsp3) is 0.750. The molecule has 0 aliphatic carbocycles. The number of hydrogen-bond acceptors (Lipinski definition) is 1. The van der Waals surface area contributed by atoms with Crippen molar-refractivity contribution in [1.82, 2.24) is 0 Å². The van der Waals surface area contributed by atoms with Crippen LogP contribution in [0, 0.1) is 0 Å². The Morgan fingerprint density at radius 1 is 0.424 bits per heavy atom. The van der Waals surface area contributed by atoms with Gasteiger partial charge in [-0.3, -0.25) is 4.79 Å². The maximum atomic E-state index is 13.3. The molecule has 0 aromatic heterocycles. The van der Waals surface area contributed by atoms with Crippen LogP contribution in [-0.4, -0.2) is 59.8 Å². The molecule has 0 heterocycles. The van der Waals surface area contributed by atoms with Crippen LogP contribution >= 0.6 is 0 Å². The van der Waals surface area contributed by atoms with Gasteiger partial charge in [-0.2, -0.15) is 83.4 Å². The molecule has 0 fully saturated rings. The molecule has 1 nitrogen and oxygen atoms in total. The predicted molar refractivity (Wildman–Crippen MR) is 60.9 cm³/mol. The fourth-order valence-electron chi connectivity index (χ4n) is 1.68. The maximum Gasteiger partial charge on any atom is 0.460 e. The first-order valence-corrected chi connectivity index (χ1v) is 6.89. The summed E-state index contributed by atoms with van der Waals surface area (Å²) in [5.41, 5.74) is 0. The van der Waals surface area contributed by atoms with Crippen LogP contribution in [0.2, 0.25) is 0 Å². The van der Waals surface area contributed by atoms with E-state index in [0.717, 1.165) is 0 Å². The van der Waals surface area contributed by atoms with Crippen molar-refractivity contribution < 1.29 is 92.6 Å². The van der Waals surface area contributed by atoms with Gasteiger partial charge < -0.3 is 0 Å². The van der Waals surface area contributed by atoms with Gasteiger partial charge in [0.25, 0.3) is 0 Å². The van der Waals surface area contributed by atoms with Gasteiger partial charge in [0, 0.05) is 6.08 Å². The number of allylic oxidation sites excluding steroid dienone is 2. The van der Waals surface area contributed by atoms with Gasteiger partial charge in [0.05, 0.1) is 0 Å². The van der Waals surface area contributed by atoms with Crippen LogP contribution in [-0.2, 0) is 4.79 Å². The van der Waals surface area contributed by atoms with Gasteiger partial charge in [-0.1, -0.05) is 0 Å². The molecule has 196 valence electrons. The Morgan fingerprint density at radius 3 is 0.909 bits per heavy atom. The minimum absolute atomic E-state index is 1.24. The molecule has 0 N–H and O–H groups in total. The number of hydrogen-bond donors (Lipinski definition) is 0. The highest BCUT2D eigenvalue weighted by Gasteiger charge is 2.96. The Hall–Kier alpha value is -1.99. The van der Waals surface area contributed by atoms with Gasteiger partial charge >= 0.3 is 53.6 Å². The lowest BCUT2D eigenvalue weighted by Gasteiger charge is -2.43. The second kappa shape index (κ2) is 7.77. The largest absolute Gasteiger partial charge is 0.460 e. The first-order valence-electron chi connectivity index (χ1n) is 6.89. The molecule has 0 aliphatic rings. The van der Waals surface area contributed by atoms with Crippen molar-refractivity contribution in [3.63, 3.8) is 0 Å². The van der Waals surface area contributed by atoms with Crippen LogP contribution in [0.1, 0.15) is 0 Å². The third-order valence-electron chi connectivity index (χ3n) is 3.63. The second-order valence-corrected chi connectivity index (χ2v) is 5.74. The summed E-state index contributed by atoms with van der Waals surface area (Å²) in [6, 6.07) is 0. The monoisotopic (exact) mass is 542 g/mol. The van der Waals surface area contributed by atoms with Crippen molar-refractivity contribution in [2.75, 3.05) is 0 Å². The lowest BCUT2D eigenvalue weighted by Crippen LogP contribution is -2.75. The number of carbonyl (C=O) groups is 1. The van der Waals surface area contributed by atoms with Crippen molar-refractivity contribution in [3.8, 4) is 0 Å². The quantitative estimate of drug-likeness (QED) is 0.181. The van der Waals surface area contributed by atoms with Gasteiger partial charge in [-0.15, -0.1) is 0 Å². The molecule has 0 unspecified atom stereocenters. The summed E-state index contributed by atoms with van der Waals surface area (Å²) in [7, 11) is 0. The summed E-state index contributed by atoms with van der Waals surface area (Å²) in [6.45, 7) is 0. The van der Waals surface area contributed by atoms with E-state index in [2.05, 4.69) is 0 Å². The standard InChI is InChI=1S/C12H2F20O/c13-3(1-2-33)4(14,15)5(16,17)6(18,19)7(20,21)8(22,23)9(24,25)10(26,27)11(28,29)12(30,31)32/h1-2H. The zero-order valence-corrected chi connectivity index (χ0v) is 14.1. The van der Waals surface area contributed by atoms with E-state index >= 15 is 0 Å². The van der Waals surface area contributed by atoms with Crippen molar-refractivity contribution in [3.05, 3.63) is 11.9 Å². The number of carbonyl (C=O) groups excluding carboxylic acids is 1. The molecule has 0 aromatic rings. The van der Waals surface area contributed by atoms with Crippen molar-refractivity contribution >= 4 is 6.29 Å². The number of halogens is 20. The van der Waals surface area contributed by atoms with Gasteiger partial charge in [-0.05, 0) is 0 Å². The summed E-state index contributed by atoms with van der Waals surface area (Å²) in [5.74, 6) is -73.0. The molecule has 0 amide bonds. The van der Waals surface area contributed by atoms with E-state index in [0.29, 0.717) is 0 Å². The highest BCUT2D eigenvalue weighted by Crippen LogP contribution is 2.65. The van der Waals surface area contributed by atoms with Crippen molar-refractivity contribution in [1.29, 1.82) is 0 Å². The smallest absolute Gasteiger partial charge is 0.298 e. The first kappa shape index (κ1) is 31.0. The molecular weight excluding hydrogens is 540 g/mol. The SMILES string of the molecule is O=CC=C(F)C(F)(F)C(F)(F)C(F)(F)C(F)(F)C(F)(F)C(F)(F)C(F)(F)C(F)(F)C(F)(F)F. The highest BCUT2D eigenvalue weighted by atomic mass is 19.4.